The fourth-order valence-corrected chi connectivity index (χ4v) is 2.75. The molecule has 2 aromatic rings. The van der Waals surface area contributed by atoms with Gasteiger partial charge < -0.3 is 19.3 Å². The van der Waals surface area contributed by atoms with E-state index in [2.05, 4.69) is 26.8 Å². The second kappa shape index (κ2) is 6.26. The number of rotatable bonds is 3. The molecular formula is C16H19N5O2. The van der Waals surface area contributed by atoms with E-state index in [4.69, 9.17) is 9.47 Å². The van der Waals surface area contributed by atoms with Gasteiger partial charge >= 0.3 is 0 Å². The molecule has 3 rings (SSSR count). The summed E-state index contributed by atoms with van der Waals surface area (Å²) < 4.78 is 10.7. The first-order chi connectivity index (χ1) is 11.2. The summed E-state index contributed by atoms with van der Waals surface area (Å²) in [7, 11) is 5.28. The molecule has 1 aliphatic rings. The molecule has 1 saturated heterocycles. The molecule has 0 atom stereocenters. The summed E-state index contributed by atoms with van der Waals surface area (Å²) in [5, 5.41) is 10.1. The second-order valence-electron chi connectivity index (χ2n) is 5.50. The molecule has 0 bridgehead atoms. The number of nitriles is 1. The Balaban J connectivity index is 2.16. The van der Waals surface area contributed by atoms with Crippen LogP contribution in [-0.4, -0.2) is 62.3 Å². The third kappa shape index (κ3) is 2.85. The molecule has 7 nitrogen and oxygen atoms in total. The standard InChI is InChI=1S/C16H19N5O2/c1-20-4-6-21(7-5-20)16-11-8-13(22-2)14(23-3)9-12(11)18-15(10-17)19-16/h8-9H,4-7H2,1-3H3. The molecule has 0 N–H and O–H groups in total. The maximum Gasteiger partial charge on any atom is 0.234 e. The number of methoxy groups -OCH3 is 2. The van der Waals surface area contributed by atoms with Gasteiger partial charge in [-0.2, -0.15) is 5.26 Å². The van der Waals surface area contributed by atoms with Crippen LogP contribution in [0.15, 0.2) is 12.1 Å². The summed E-state index contributed by atoms with van der Waals surface area (Å²) in [6.45, 7) is 3.64. The van der Waals surface area contributed by atoms with Crippen LogP contribution in [0.1, 0.15) is 5.82 Å². The number of piperazine rings is 1. The van der Waals surface area contributed by atoms with E-state index in [1.54, 1.807) is 20.3 Å². The van der Waals surface area contributed by atoms with E-state index in [-0.39, 0.29) is 5.82 Å². The lowest BCUT2D eigenvalue weighted by Crippen LogP contribution is -2.45. The number of nitrogens with zero attached hydrogens (tertiary/aromatic N) is 5. The topological polar surface area (TPSA) is 74.5 Å². The zero-order valence-electron chi connectivity index (χ0n) is 13.5. The molecule has 7 heteroatoms. The van der Waals surface area contributed by atoms with Crippen molar-refractivity contribution in [3.05, 3.63) is 18.0 Å². The third-order valence-electron chi connectivity index (χ3n) is 4.08. The molecule has 1 aromatic carbocycles. The van der Waals surface area contributed by atoms with Gasteiger partial charge in [-0.1, -0.05) is 0 Å². The third-order valence-corrected chi connectivity index (χ3v) is 4.08. The Morgan fingerprint density at radius 3 is 2.30 bits per heavy atom. The van der Waals surface area contributed by atoms with Crippen LogP contribution in [-0.2, 0) is 0 Å². The Labute approximate surface area is 135 Å². The lowest BCUT2D eigenvalue weighted by atomic mass is 10.1. The van der Waals surface area contributed by atoms with Gasteiger partial charge in [0.05, 0.1) is 19.7 Å². The van der Waals surface area contributed by atoms with Crippen LogP contribution in [0.2, 0.25) is 0 Å². The first-order valence-electron chi connectivity index (χ1n) is 7.43. The molecule has 120 valence electrons. The number of aromatic nitrogens is 2. The number of ether oxygens (including phenoxy) is 2. The summed E-state index contributed by atoms with van der Waals surface area (Å²) in [6, 6.07) is 5.71. The Kier molecular flexibility index (Phi) is 4.17. The van der Waals surface area contributed by atoms with E-state index < -0.39 is 0 Å². The average Bonchev–Trinajstić information content (AvgIpc) is 2.60. The number of hydrogen-bond acceptors (Lipinski definition) is 7. The summed E-state index contributed by atoms with van der Waals surface area (Å²) in [5.74, 6) is 2.16. The van der Waals surface area contributed by atoms with Crippen LogP contribution in [0, 0.1) is 11.3 Å². The number of anilines is 1. The highest BCUT2D eigenvalue weighted by Gasteiger charge is 2.20. The maximum atomic E-state index is 9.23. The molecule has 0 saturated carbocycles. The maximum absolute atomic E-state index is 9.23. The largest absolute Gasteiger partial charge is 0.493 e. The van der Waals surface area contributed by atoms with E-state index in [9.17, 15) is 5.26 Å². The molecule has 1 aliphatic heterocycles. The lowest BCUT2D eigenvalue weighted by Gasteiger charge is -2.33. The number of fused-ring (bicyclic) bond motifs is 1. The SMILES string of the molecule is COc1cc2nc(C#N)nc(N3CCN(C)CC3)c2cc1OC. The number of hydrogen-bond donors (Lipinski definition) is 0. The first kappa shape index (κ1) is 15.3. The Morgan fingerprint density at radius 1 is 1.04 bits per heavy atom. The molecule has 1 aromatic heterocycles. The van der Waals surface area contributed by atoms with Gasteiger partial charge in [-0.05, 0) is 13.1 Å². The Bertz CT molecular complexity index is 763. The van der Waals surface area contributed by atoms with Gasteiger partial charge in [0.25, 0.3) is 0 Å². The normalized spacial score (nSPS) is 15.5. The van der Waals surface area contributed by atoms with Crippen LogP contribution in [0.25, 0.3) is 10.9 Å². The van der Waals surface area contributed by atoms with Crippen molar-refractivity contribution >= 4 is 16.7 Å². The van der Waals surface area contributed by atoms with Crippen molar-refractivity contribution in [3.63, 3.8) is 0 Å². The molecule has 1 fully saturated rings. The predicted molar refractivity (Wildman–Crippen MR) is 87.1 cm³/mol. The molecule has 0 aliphatic carbocycles. The van der Waals surface area contributed by atoms with Crippen molar-refractivity contribution in [1.82, 2.24) is 14.9 Å². The van der Waals surface area contributed by atoms with Crippen molar-refractivity contribution in [3.8, 4) is 17.6 Å². The fraction of sp³-hybridized carbons (Fsp3) is 0.438. The molecule has 2 heterocycles. The minimum absolute atomic E-state index is 0.165. The minimum atomic E-state index is 0.165. The van der Waals surface area contributed by atoms with Crippen molar-refractivity contribution < 1.29 is 9.47 Å². The Hall–Kier alpha value is -2.59. The van der Waals surface area contributed by atoms with Gasteiger partial charge in [0.15, 0.2) is 11.5 Å². The quantitative estimate of drug-likeness (QED) is 0.844. The molecule has 23 heavy (non-hydrogen) atoms. The van der Waals surface area contributed by atoms with Crippen molar-refractivity contribution in [2.45, 2.75) is 0 Å². The monoisotopic (exact) mass is 313 g/mol. The fourth-order valence-electron chi connectivity index (χ4n) is 2.75. The average molecular weight is 313 g/mol. The first-order valence-corrected chi connectivity index (χ1v) is 7.43. The zero-order chi connectivity index (χ0) is 16.4. The van der Waals surface area contributed by atoms with Crippen molar-refractivity contribution in [1.29, 1.82) is 5.26 Å². The summed E-state index contributed by atoms with van der Waals surface area (Å²) >= 11 is 0. The number of benzene rings is 1. The molecule has 0 spiro atoms. The lowest BCUT2D eigenvalue weighted by molar-refractivity contribution is 0.312. The van der Waals surface area contributed by atoms with Crippen LogP contribution in [0.3, 0.4) is 0 Å². The number of likely N-dealkylation sites (N-methyl/N-ethyl adjacent to an activating group) is 1. The van der Waals surface area contributed by atoms with Gasteiger partial charge in [0.2, 0.25) is 5.82 Å². The van der Waals surface area contributed by atoms with Crippen LogP contribution in [0.5, 0.6) is 11.5 Å². The highest BCUT2D eigenvalue weighted by atomic mass is 16.5. The smallest absolute Gasteiger partial charge is 0.234 e. The molecule has 0 amide bonds. The van der Waals surface area contributed by atoms with Gasteiger partial charge in [-0.3, -0.25) is 0 Å². The predicted octanol–water partition coefficient (Wildman–Crippen LogP) is 1.27. The van der Waals surface area contributed by atoms with E-state index in [0.717, 1.165) is 37.4 Å². The van der Waals surface area contributed by atoms with Crippen molar-refractivity contribution in [2.75, 3.05) is 52.3 Å². The van der Waals surface area contributed by atoms with E-state index in [1.807, 2.05) is 12.1 Å². The highest BCUT2D eigenvalue weighted by molar-refractivity contribution is 5.92. The van der Waals surface area contributed by atoms with Gasteiger partial charge in [0, 0.05) is 37.6 Å². The summed E-state index contributed by atoms with van der Waals surface area (Å²) in [6.07, 6.45) is 0. The highest BCUT2D eigenvalue weighted by Crippen LogP contribution is 2.35. The molecular weight excluding hydrogens is 294 g/mol. The summed E-state index contributed by atoms with van der Waals surface area (Å²) in [4.78, 5) is 13.2. The zero-order valence-corrected chi connectivity index (χ0v) is 13.5. The van der Waals surface area contributed by atoms with Crippen molar-refractivity contribution in [2.24, 2.45) is 0 Å². The van der Waals surface area contributed by atoms with Gasteiger partial charge in [0.1, 0.15) is 11.9 Å². The minimum Gasteiger partial charge on any atom is -0.493 e. The Morgan fingerprint density at radius 2 is 1.70 bits per heavy atom. The van der Waals surface area contributed by atoms with E-state index in [0.29, 0.717) is 17.0 Å². The van der Waals surface area contributed by atoms with E-state index >= 15 is 0 Å². The van der Waals surface area contributed by atoms with E-state index in [1.165, 1.54) is 0 Å². The van der Waals surface area contributed by atoms with Gasteiger partial charge in [-0.15, -0.1) is 0 Å². The van der Waals surface area contributed by atoms with Crippen LogP contribution >= 0.6 is 0 Å². The van der Waals surface area contributed by atoms with Crippen LogP contribution in [0.4, 0.5) is 5.82 Å². The van der Waals surface area contributed by atoms with Crippen LogP contribution < -0.4 is 14.4 Å². The molecule has 0 unspecified atom stereocenters. The van der Waals surface area contributed by atoms with Gasteiger partial charge in [-0.25, -0.2) is 9.97 Å². The molecule has 0 radical (unpaired) electrons. The summed E-state index contributed by atoms with van der Waals surface area (Å²) in [5.41, 5.74) is 0.683. The second-order valence-corrected chi connectivity index (χ2v) is 5.50.